The van der Waals surface area contributed by atoms with Crippen LogP contribution in [0.4, 0.5) is 4.39 Å². The van der Waals surface area contributed by atoms with Crippen molar-refractivity contribution in [2.75, 3.05) is 0 Å². The monoisotopic (exact) mass is 200 g/mol. The van der Waals surface area contributed by atoms with E-state index in [0.29, 0.717) is 5.56 Å². The highest BCUT2D eigenvalue weighted by Gasteiger charge is 2.00. The van der Waals surface area contributed by atoms with Crippen LogP contribution in [0.1, 0.15) is 11.1 Å². The Morgan fingerprint density at radius 1 is 0.800 bits per heavy atom. The largest absolute Gasteiger partial charge is 0.207 e. The molecular formula is C14H13F. The standard InChI is InChI=1S/C14H13F/c1-10-3-5-12(6-4-10)13-7-8-14(15)11(2)9-13/h3-9H,1-2H3. The third-order valence-electron chi connectivity index (χ3n) is 2.54. The minimum absolute atomic E-state index is 0.147. The number of rotatable bonds is 1. The van der Waals surface area contributed by atoms with Crippen LogP contribution < -0.4 is 0 Å². The molecule has 0 saturated carbocycles. The zero-order chi connectivity index (χ0) is 10.8. The fourth-order valence-corrected chi connectivity index (χ4v) is 1.57. The summed E-state index contributed by atoms with van der Waals surface area (Å²) in [6.45, 7) is 3.84. The number of aryl methyl sites for hydroxylation is 2. The average Bonchev–Trinajstić information content (AvgIpc) is 2.23. The lowest BCUT2D eigenvalue weighted by Crippen LogP contribution is -1.84. The van der Waals surface area contributed by atoms with E-state index >= 15 is 0 Å². The first-order valence-electron chi connectivity index (χ1n) is 5.00. The Hall–Kier alpha value is -1.63. The summed E-state index contributed by atoms with van der Waals surface area (Å²) in [5, 5.41) is 0. The van der Waals surface area contributed by atoms with Gasteiger partial charge in [0.1, 0.15) is 5.82 Å². The molecule has 0 aliphatic rings. The van der Waals surface area contributed by atoms with E-state index < -0.39 is 0 Å². The van der Waals surface area contributed by atoms with Gasteiger partial charge in [-0.15, -0.1) is 0 Å². The Bertz CT molecular complexity index is 469. The molecular weight excluding hydrogens is 187 g/mol. The van der Waals surface area contributed by atoms with Gasteiger partial charge in [0.15, 0.2) is 0 Å². The highest BCUT2D eigenvalue weighted by molar-refractivity contribution is 5.64. The molecule has 0 bridgehead atoms. The third kappa shape index (κ3) is 2.07. The van der Waals surface area contributed by atoms with Crippen LogP contribution in [0.25, 0.3) is 11.1 Å². The molecule has 76 valence electrons. The molecule has 0 aliphatic heterocycles. The summed E-state index contributed by atoms with van der Waals surface area (Å²) in [5.41, 5.74) is 4.11. The summed E-state index contributed by atoms with van der Waals surface area (Å²) < 4.78 is 13.1. The molecule has 0 spiro atoms. The van der Waals surface area contributed by atoms with Crippen molar-refractivity contribution in [1.29, 1.82) is 0 Å². The Balaban J connectivity index is 2.45. The summed E-state index contributed by atoms with van der Waals surface area (Å²) in [6, 6.07) is 13.4. The Morgan fingerprint density at radius 3 is 2.00 bits per heavy atom. The van der Waals surface area contributed by atoms with Gasteiger partial charge >= 0.3 is 0 Å². The molecule has 15 heavy (non-hydrogen) atoms. The number of hydrogen-bond donors (Lipinski definition) is 0. The molecule has 2 rings (SSSR count). The highest BCUT2D eigenvalue weighted by atomic mass is 19.1. The number of hydrogen-bond acceptors (Lipinski definition) is 0. The van der Waals surface area contributed by atoms with Crippen LogP contribution in [-0.4, -0.2) is 0 Å². The van der Waals surface area contributed by atoms with E-state index in [1.165, 1.54) is 11.6 Å². The average molecular weight is 200 g/mol. The van der Waals surface area contributed by atoms with Crippen LogP contribution in [-0.2, 0) is 0 Å². The van der Waals surface area contributed by atoms with Crippen LogP contribution in [0.3, 0.4) is 0 Å². The quantitative estimate of drug-likeness (QED) is 0.649. The zero-order valence-corrected chi connectivity index (χ0v) is 8.92. The predicted molar refractivity (Wildman–Crippen MR) is 61.3 cm³/mol. The van der Waals surface area contributed by atoms with Gasteiger partial charge in [-0.05, 0) is 42.7 Å². The van der Waals surface area contributed by atoms with Gasteiger partial charge in [0.25, 0.3) is 0 Å². The summed E-state index contributed by atoms with van der Waals surface area (Å²) >= 11 is 0. The van der Waals surface area contributed by atoms with Crippen molar-refractivity contribution in [2.45, 2.75) is 13.8 Å². The van der Waals surface area contributed by atoms with Crippen LogP contribution >= 0.6 is 0 Å². The molecule has 0 atom stereocenters. The maximum atomic E-state index is 13.1. The second kappa shape index (κ2) is 3.85. The lowest BCUT2D eigenvalue weighted by Gasteiger charge is -2.04. The van der Waals surface area contributed by atoms with Crippen molar-refractivity contribution in [3.8, 4) is 11.1 Å². The minimum atomic E-state index is -0.147. The lowest BCUT2D eigenvalue weighted by atomic mass is 10.0. The molecule has 2 aromatic carbocycles. The lowest BCUT2D eigenvalue weighted by molar-refractivity contribution is 0.619. The van der Waals surface area contributed by atoms with Gasteiger partial charge < -0.3 is 0 Å². The molecule has 0 amide bonds. The van der Waals surface area contributed by atoms with Gasteiger partial charge in [-0.3, -0.25) is 0 Å². The summed E-state index contributed by atoms with van der Waals surface area (Å²) in [4.78, 5) is 0. The van der Waals surface area contributed by atoms with Crippen molar-refractivity contribution < 1.29 is 4.39 Å². The van der Waals surface area contributed by atoms with Crippen LogP contribution in [0.2, 0.25) is 0 Å². The fraction of sp³-hybridized carbons (Fsp3) is 0.143. The van der Waals surface area contributed by atoms with E-state index in [1.807, 2.05) is 12.1 Å². The van der Waals surface area contributed by atoms with Crippen molar-refractivity contribution >= 4 is 0 Å². The van der Waals surface area contributed by atoms with Crippen molar-refractivity contribution in [1.82, 2.24) is 0 Å². The van der Waals surface area contributed by atoms with Crippen molar-refractivity contribution in [2.24, 2.45) is 0 Å². The van der Waals surface area contributed by atoms with Gasteiger partial charge in [-0.25, -0.2) is 4.39 Å². The van der Waals surface area contributed by atoms with Crippen LogP contribution in [0.15, 0.2) is 42.5 Å². The van der Waals surface area contributed by atoms with E-state index in [4.69, 9.17) is 0 Å². The third-order valence-corrected chi connectivity index (χ3v) is 2.54. The molecule has 0 nitrogen and oxygen atoms in total. The van der Waals surface area contributed by atoms with E-state index in [-0.39, 0.29) is 5.82 Å². The summed E-state index contributed by atoms with van der Waals surface area (Å²) in [7, 11) is 0. The molecule has 2 aromatic rings. The highest BCUT2D eigenvalue weighted by Crippen LogP contribution is 2.21. The number of halogens is 1. The summed E-state index contributed by atoms with van der Waals surface area (Å²) in [5.74, 6) is -0.147. The molecule has 0 saturated heterocycles. The van der Waals surface area contributed by atoms with Gasteiger partial charge in [0.2, 0.25) is 0 Å². The normalized spacial score (nSPS) is 10.3. The Labute approximate surface area is 89.4 Å². The van der Waals surface area contributed by atoms with Crippen molar-refractivity contribution in [3.63, 3.8) is 0 Å². The van der Waals surface area contributed by atoms with Gasteiger partial charge in [0.05, 0.1) is 0 Å². The zero-order valence-electron chi connectivity index (χ0n) is 8.92. The van der Waals surface area contributed by atoms with Gasteiger partial charge in [-0.1, -0.05) is 35.9 Å². The molecule has 0 heterocycles. The van der Waals surface area contributed by atoms with Crippen LogP contribution in [0, 0.1) is 19.7 Å². The topological polar surface area (TPSA) is 0 Å². The molecule has 0 N–H and O–H groups in total. The molecule has 0 unspecified atom stereocenters. The predicted octanol–water partition coefficient (Wildman–Crippen LogP) is 4.11. The fourth-order valence-electron chi connectivity index (χ4n) is 1.57. The van der Waals surface area contributed by atoms with E-state index in [2.05, 4.69) is 31.2 Å². The smallest absolute Gasteiger partial charge is 0.126 e. The maximum absolute atomic E-state index is 13.1. The van der Waals surface area contributed by atoms with E-state index in [1.54, 1.807) is 6.92 Å². The maximum Gasteiger partial charge on any atom is 0.126 e. The first kappa shape index (κ1) is 9.91. The van der Waals surface area contributed by atoms with E-state index in [0.717, 1.165) is 11.1 Å². The Kier molecular flexibility index (Phi) is 2.55. The summed E-state index contributed by atoms with van der Waals surface area (Å²) in [6.07, 6.45) is 0. The van der Waals surface area contributed by atoms with Gasteiger partial charge in [0, 0.05) is 0 Å². The molecule has 0 radical (unpaired) electrons. The second-order valence-corrected chi connectivity index (χ2v) is 3.83. The molecule has 0 aromatic heterocycles. The molecule has 1 heteroatoms. The van der Waals surface area contributed by atoms with Crippen LogP contribution in [0.5, 0.6) is 0 Å². The Morgan fingerprint density at radius 2 is 1.40 bits per heavy atom. The first-order chi connectivity index (χ1) is 7.16. The van der Waals surface area contributed by atoms with Crippen molar-refractivity contribution in [3.05, 3.63) is 59.4 Å². The first-order valence-corrected chi connectivity index (χ1v) is 5.00. The van der Waals surface area contributed by atoms with E-state index in [9.17, 15) is 4.39 Å². The minimum Gasteiger partial charge on any atom is -0.207 e. The SMILES string of the molecule is Cc1ccc(-c2ccc(F)c(C)c2)cc1. The molecule has 0 fully saturated rings. The number of benzene rings is 2. The van der Waals surface area contributed by atoms with Gasteiger partial charge in [-0.2, -0.15) is 0 Å². The second-order valence-electron chi connectivity index (χ2n) is 3.83. The molecule has 0 aliphatic carbocycles.